The normalized spacial score (nSPS) is 15.4. The molecule has 1 aliphatic heterocycles. The Hall–Kier alpha value is -3.21. The molecule has 0 aromatic heterocycles. The lowest BCUT2D eigenvalue weighted by Crippen LogP contribution is -2.39. The molecule has 0 unspecified atom stereocenters. The molecule has 0 bridgehead atoms. The van der Waals surface area contributed by atoms with Gasteiger partial charge in [-0.25, -0.2) is 0 Å². The first-order valence-corrected chi connectivity index (χ1v) is 10.3. The maximum Gasteiger partial charge on any atom is 0.416 e. The van der Waals surface area contributed by atoms with Crippen LogP contribution in [0.25, 0.3) is 0 Å². The van der Waals surface area contributed by atoms with Crippen molar-refractivity contribution >= 4 is 40.9 Å². The highest BCUT2D eigenvalue weighted by atomic mass is 32.2. The fourth-order valence-corrected chi connectivity index (χ4v) is 4.04. The molecule has 170 valence electrons. The molecular formula is C21H20F3N3O4S. The molecule has 2 aromatic carbocycles. The van der Waals surface area contributed by atoms with E-state index in [0.29, 0.717) is 16.3 Å². The number of ether oxygens (including phenoxy) is 1. The number of amides is 3. The Kier molecular flexibility index (Phi) is 6.97. The van der Waals surface area contributed by atoms with Gasteiger partial charge in [-0.05, 0) is 42.5 Å². The number of carbonyl (C=O) groups is 3. The van der Waals surface area contributed by atoms with Crippen LogP contribution in [0, 0.1) is 0 Å². The van der Waals surface area contributed by atoms with E-state index >= 15 is 0 Å². The van der Waals surface area contributed by atoms with Gasteiger partial charge in [0.2, 0.25) is 17.7 Å². The summed E-state index contributed by atoms with van der Waals surface area (Å²) in [7, 11) is 2.96. The second kappa shape index (κ2) is 9.51. The summed E-state index contributed by atoms with van der Waals surface area (Å²) >= 11 is 1.02. The molecular weight excluding hydrogens is 447 g/mol. The van der Waals surface area contributed by atoms with Crippen LogP contribution in [0.2, 0.25) is 0 Å². The topological polar surface area (TPSA) is 87.7 Å². The Morgan fingerprint density at radius 3 is 2.50 bits per heavy atom. The maximum atomic E-state index is 12.9. The first kappa shape index (κ1) is 23.5. The van der Waals surface area contributed by atoms with E-state index in [2.05, 4.69) is 10.6 Å². The summed E-state index contributed by atoms with van der Waals surface area (Å²) in [6.45, 7) is -0.227. The summed E-state index contributed by atoms with van der Waals surface area (Å²) in [6.07, 6.45) is -4.73. The first-order valence-electron chi connectivity index (χ1n) is 9.43. The molecule has 0 spiro atoms. The van der Waals surface area contributed by atoms with Crippen LogP contribution in [0.5, 0.6) is 5.75 Å². The molecule has 0 radical (unpaired) electrons. The summed E-state index contributed by atoms with van der Waals surface area (Å²) in [5.41, 5.74) is -0.270. The number of rotatable bonds is 6. The van der Waals surface area contributed by atoms with Crippen LogP contribution in [0.4, 0.5) is 24.5 Å². The van der Waals surface area contributed by atoms with E-state index in [0.717, 1.165) is 23.9 Å². The van der Waals surface area contributed by atoms with Gasteiger partial charge in [0.15, 0.2) is 0 Å². The predicted octanol–water partition coefficient (Wildman–Crippen LogP) is 3.61. The molecule has 1 aliphatic rings. The molecule has 0 saturated heterocycles. The number of benzene rings is 2. The number of thioether (sulfide) groups is 1. The molecule has 0 fully saturated rings. The number of hydrogen-bond acceptors (Lipinski definition) is 5. The number of halogens is 3. The molecule has 0 aliphatic carbocycles. The van der Waals surface area contributed by atoms with Crippen LogP contribution < -0.4 is 15.4 Å². The minimum Gasteiger partial charge on any atom is -0.497 e. The Morgan fingerprint density at radius 1 is 1.19 bits per heavy atom. The minimum atomic E-state index is -4.52. The van der Waals surface area contributed by atoms with E-state index in [4.69, 9.17) is 4.74 Å². The van der Waals surface area contributed by atoms with Crippen molar-refractivity contribution in [1.82, 2.24) is 4.90 Å². The first-order chi connectivity index (χ1) is 15.1. The van der Waals surface area contributed by atoms with Gasteiger partial charge in [0.25, 0.3) is 0 Å². The van der Waals surface area contributed by atoms with Gasteiger partial charge in [0, 0.05) is 24.1 Å². The van der Waals surface area contributed by atoms with Crippen molar-refractivity contribution in [1.29, 1.82) is 0 Å². The highest BCUT2D eigenvalue weighted by Gasteiger charge is 2.34. The second-order valence-electron chi connectivity index (χ2n) is 7.04. The van der Waals surface area contributed by atoms with Gasteiger partial charge >= 0.3 is 6.18 Å². The number of alkyl halides is 3. The molecule has 3 rings (SSSR count). The van der Waals surface area contributed by atoms with Gasteiger partial charge in [-0.2, -0.15) is 13.2 Å². The largest absolute Gasteiger partial charge is 0.497 e. The molecule has 7 nitrogen and oxygen atoms in total. The lowest BCUT2D eigenvalue weighted by Gasteiger charge is -2.26. The monoisotopic (exact) mass is 467 g/mol. The van der Waals surface area contributed by atoms with E-state index in [1.165, 1.54) is 25.1 Å². The smallest absolute Gasteiger partial charge is 0.416 e. The van der Waals surface area contributed by atoms with Crippen molar-refractivity contribution < 1.29 is 32.3 Å². The van der Waals surface area contributed by atoms with Crippen molar-refractivity contribution in [2.45, 2.75) is 22.7 Å². The highest BCUT2D eigenvalue weighted by Crippen LogP contribution is 2.40. The van der Waals surface area contributed by atoms with Crippen LogP contribution in [0.15, 0.2) is 47.4 Å². The Balaban J connectivity index is 1.56. The lowest BCUT2D eigenvalue weighted by molar-refractivity contribution is -0.137. The molecule has 3 amide bonds. The molecule has 0 saturated carbocycles. The van der Waals surface area contributed by atoms with Crippen molar-refractivity contribution in [3.05, 3.63) is 48.0 Å². The summed E-state index contributed by atoms with van der Waals surface area (Å²) in [4.78, 5) is 38.7. The van der Waals surface area contributed by atoms with Gasteiger partial charge in [-0.1, -0.05) is 0 Å². The Labute approximate surface area is 186 Å². The van der Waals surface area contributed by atoms with Crippen LogP contribution in [-0.2, 0) is 20.6 Å². The quantitative estimate of drug-likeness (QED) is 0.678. The summed E-state index contributed by atoms with van der Waals surface area (Å²) < 4.78 is 43.6. The van der Waals surface area contributed by atoms with Crippen molar-refractivity contribution in [3.8, 4) is 5.75 Å². The van der Waals surface area contributed by atoms with Crippen LogP contribution >= 0.6 is 11.8 Å². The number of nitrogens with zero attached hydrogens (tertiary/aromatic N) is 1. The number of carbonyl (C=O) groups excluding carboxylic acids is 3. The zero-order chi connectivity index (χ0) is 23.5. The fourth-order valence-electron chi connectivity index (χ4n) is 2.95. The minimum absolute atomic E-state index is 0.0609. The second-order valence-corrected chi connectivity index (χ2v) is 8.28. The fraction of sp³-hybridized carbons (Fsp3) is 0.286. The number of nitrogens with one attached hydrogen (secondary N) is 2. The summed E-state index contributed by atoms with van der Waals surface area (Å²) in [5, 5.41) is 4.27. The third-order valence-corrected chi connectivity index (χ3v) is 5.94. The third-order valence-electron chi connectivity index (χ3n) is 4.67. The zero-order valence-corrected chi connectivity index (χ0v) is 18.0. The standard InChI is InChI=1S/C21H20F3N3O4S/c1-27(11-18(28)25-13-4-6-14(31-2)7-5-13)19(29)10-17-20(30)26-15-9-12(21(22,23)24)3-8-16(15)32-17/h3-9,17H,10-11H2,1-2H3,(H,25,28)(H,26,30)/t17-/m0/s1. The predicted molar refractivity (Wildman–Crippen MR) is 114 cm³/mol. The summed E-state index contributed by atoms with van der Waals surface area (Å²) in [6, 6.07) is 9.74. The van der Waals surface area contributed by atoms with E-state index < -0.39 is 34.7 Å². The van der Waals surface area contributed by atoms with Crippen LogP contribution in [0.1, 0.15) is 12.0 Å². The average molecular weight is 467 g/mol. The van der Waals surface area contributed by atoms with E-state index in [9.17, 15) is 27.6 Å². The Bertz CT molecular complexity index is 1030. The molecule has 11 heteroatoms. The third kappa shape index (κ3) is 5.72. The highest BCUT2D eigenvalue weighted by molar-refractivity contribution is 8.01. The van der Waals surface area contributed by atoms with E-state index in [1.54, 1.807) is 24.3 Å². The SMILES string of the molecule is COc1ccc(NC(=O)CN(C)C(=O)C[C@@H]2Sc3ccc(C(F)(F)F)cc3NC2=O)cc1. The van der Waals surface area contributed by atoms with E-state index in [-0.39, 0.29) is 18.7 Å². The molecule has 1 heterocycles. The number of hydrogen-bond donors (Lipinski definition) is 2. The number of anilines is 2. The van der Waals surface area contributed by atoms with Gasteiger partial charge in [-0.15, -0.1) is 11.8 Å². The van der Waals surface area contributed by atoms with Crippen molar-refractivity contribution in [3.63, 3.8) is 0 Å². The van der Waals surface area contributed by atoms with Crippen LogP contribution in [-0.4, -0.2) is 48.6 Å². The van der Waals surface area contributed by atoms with Crippen LogP contribution in [0.3, 0.4) is 0 Å². The number of methoxy groups -OCH3 is 1. The molecule has 1 atom stereocenters. The zero-order valence-electron chi connectivity index (χ0n) is 17.2. The van der Waals surface area contributed by atoms with Gasteiger partial charge in [-0.3, -0.25) is 14.4 Å². The molecule has 2 aromatic rings. The lowest BCUT2D eigenvalue weighted by atomic mass is 10.1. The molecule has 32 heavy (non-hydrogen) atoms. The Morgan fingerprint density at radius 2 is 1.88 bits per heavy atom. The van der Waals surface area contributed by atoms with Gasteiger partial charge in [0.05, 0.1) is 30.2 Å². The number of likely N-dealkylation sites (N-methyl/N-ethyl adjacent to an activating group) is 1. The maximum absolute atomic E-state index is 12.9. The number of fused-ring (bicyclic) bond motifs is 1. The van der Waals surface area contributed by atoms with Gasteiger partial charge in [0.1, 0.15) is 5.75 Å². The van der Waals surface area contributed by atoms with Crippen molar-refractivity contribution in [2.24, 2.45) is 0 Å². The van der Waals surface area contributed by atoms with E-state index in [1.807, 2.05) is 0 Å². The van der Waals surface area contributed by atoms with Gasteiger partial charge < -0.3 is 20.3 Å². The summed E-state index contributed by atoms with van der Waals surface area (Å²) in [5.74, 6) is -0.796. The molecule has 2 N–H and O–H groups in total. The average Bonchev–Trinajstić information content (AvgIpc) is 2.73. The van der Waals surface area contributed by atoms with Crippen molar-refractivity contribution in [2.75, 3.05) is 31.3 Å².